The molecule has 30 heavy (non-hydrogen) atoms. The molecule has 2 heterocycles. The van der Waals surface area contributed by atoms with Crippen LogP contribution in [0.15, 0.2) is 66.3 Å². The maximum absolute atomic E-state index is 12.8. The first-order valence-electron chi connectivity index (χ1n) is 9.26. The smallest absolute Gasteiger partial charge is 0.257 e. The molecule has 3 N–H and O–H groups in total. The van der Waals surface area contributed by atoms with Gasteiger partial charge in [0.25, 0.3) is 5.91 Å². The van der Waals surface area contributed by atoms with Gasteiger partial charge in [-0.3, -0.25) is 4.79 Å². The second-order valence-electron chi connectivity index (χ2n) is 6.48. The molecule has 1 amide bonds. The summed E-state index contributed by atoms with van der Waals surface area (Å²) in [7, 11) is 1.60. The van der Waals surface area contributed by atoms with Crippen LogP contribution in [0.1, 0.15) is 15.9 Å². The van der Waals surface area contributed by atoms with E-state index in [-0.39, 0.29) is 17.3 Å². The summed E-state index contributed by atoms with van der Waals surface area (Å²) < 4.78 is 6.67. The fourth-order valence-electron chi connectivity index (χ4n) is 3.09. The lowest BCUT2D eigenvalue weighted by atomic mass is 10.2. The number of nitrogens with two attached hydrogens (primary N) is 1. The third-order valence-electron chi connectivity index (χ3n) is 4.52. The lowest BCUT2D eigenvalue weighted by Crippen LogP contribution is -2.24. The Morgan fingerprint density at radius 3 is 2.73 bits per heavy atom. The Kier molecular flexibility index (Phi) is 5.13. The minimum Gasteiger partial charge on any atom is -0.497 e. The molecule has 2 aromatic heterocycles. The van der Waals surface area contributed by atoms with Gasteiger partial charge in [-0.15, -0.1) is 6.58 Å². The Balaban J connectivity index is 1.90. The lowest BCUT2D eigenvalue weighted by Gasteiger charge is -2.03. The quantitative estimate of drug-likeness (QED) is 0.382. The van der Waals surface area contributed by atoms with Crippen molar-refractivity contribution in [1.82, 2.24) is 20.0 Å². The standard InChI is InChI=1S/C22H20N6O2/c1-3-11-24-22(29)18-19-21(27-17-10-5-4-9-16(17)26-19)28(20(18)23)25-13-14-7-6-8-15(12-14)30-2/h3-10,12-13H,1,11,23H2,2H3,(H,24,29). The van der Waals surface area contributed by atoms with E-state index < -0.39 is 0 Å². The van der Waals surface area contributed by atoms with Crippen molar-refractivity contribution < 1.29 is 9.53 Å². The maximum Gasteiger partial charge on any atom is 0.257 e. The lowest BCUT2D eigenvalue weighted by molar-refractivity contribution is 0.0960. The predicted molar refractivity (Wildman–Crippen MR) is 118 cm³/mol. The van der Waals surface area contributed by atoms with E-state index in [1.807, 2.05) is 48.5 Å². The molecule has 4 aromatic rings. The first kappa shape index (κ1) is 19.1. The van der Waals surface area contributed by atoms with Crippen LogP contribution in [-0.2, 0) is 0 Å². The van der Waals surface area contributed by atoms with Gasteiger partial charge < -0.3 is 15.8 Å². The van der Waals surface area contributed by atoms with Gasteiger partial charge in [0.2, 0.25) is 0 Å². The van der Waals surface area contributed by atoms with Crippen LogP contribution in [0.4, 0.5) is 5.82 Å². The second-order valence-corrected chi connectivity index (χ2v) is 6.48. The Labute approximate surface area is 172 Å². The van der Waals surface area contributed by atoms with Crippen molar-refractivity contribution in [3.8, 4) is 5.75 Å². The molecule has 0 unspecified atom stereocenters. The normalized spacial score (nSPS) is 11.2. The highest BCUT2D eigenvalue weighted by atomic mass is 16.5. The molecule has 0 fully saturated rings. The molecule has 0 saturated carbocycles. The van der Waals surface area contributed by atoms with Crippen LogP contribution in [0.5, 0.6) is 5.75 Å². The minimum absolute atomic E-state index is 0.154. The Hall–Kier alpha value is -4.20. The molecular formula is C22H20N6O2. The van der Waals surface area contributed by atoms with E-state index in [1.165, 1.54) is 4.68 Å². The molecule has 8 heteroatoms. The van der Waals surface area contributed by atoms with Gasteiger partial charge in [-0.1, -0.05) is 30.3 Å². The zero-order valence-electron chi connectivity index (χ0n) is 16.4. The number of carbonyl (C=O) groups is 1. The molecule has 0 aliphatic heterocycles. The first-order valence-corrected chi connectivity index (χ1v) is 9.26. The molecule has 0 bridgehead atoms. The van der Waals surface area contributed by atoms with Crippen LogP contribution < -0.4 is 15.8 Å². The van der Waals surface area contributed by atoms with Crippen molar-refractivity contribution >= 4 is 40.1 Å². The number of aromatic nitrogens is 3. The van der Waals surface area contributed by atoms with Crippen molar-refractivity contribution in [3.05, 3.63) is 72.3 Å². The monoisotopic (exact) mass is 400 g/mol. The fraction of sp³-hybridized carbons (Fsp3) is 0.0909. The Bertz CT molecular complexity index is 1290. The van der Waals surface area contributed by atoms with Crippen molar-refractivity contribution in [2.45, 2.75) is 0 Å². The topological polar surface area (TPSA) is 107 Å². The molecule has 4 rings (SSSR count). The average molecular weight is 400 g/mol. The highest BCUT2D eigenvalue weighted by Crippen LogP contribution is 2.27. The van der Waals surface area contributed by atoms with Crippen molar-refractivity contribution in [3.63, 3.8) is 0 Å². The molecule has 0 aliphatic carbocycles. The van der Waals surface area contributed by atoms with E-state index in [0.29, 0.717) is 34.5 Å². The summed E-state index contributed by atoms with van der Waals surface area (Å²) in [6, 6.07) is 14.8. The number of para-hydroxylation sites is 2. The van der Waals surface area contributed by atoms with Gasteiger partial charge in [0, 0.05) is 6.54 Å². The van der Waals surface area contributed by atoms with Gasteiger partial charge >= 0.3 is 0 Å². The summed E-state index contributed by atoms with van der Waals surface area (Å²) >= 11 is 0. The number of amides is 1. The number of nitrogens with zero attached hydrogens (tertiary/aromatic N) is 4. The third-order valence-corrected chi connectivity index (χ3v) is 4.52. The maximum atomic E-state index is 12.8. The van der Waals surface area contributed by atoms with Crippen LogP contribution in [0.25, 0.3) is 22.2 Å². The van der Waals surface area contributed by atoms with Crippen molar-refractivity contribution in [2.24, 2.45) is 5.10 Å². The predicted octanol–water partition coefficient (Wildman–Crippen LogP) is 2.97. The highest BCUT2D eigenvalue weighted by molar-refractivity contribution is 6.10. The molecule has 2 aromatic carbocycles. The number of hydrogen-bond acceptors (Lipinski definition) is 6. The van der Waals surface area contributed by atoms with E-state index in [4.69, 9.17) is 10.5 Å². The summed E-state index contributed by atoms with van der Waals surface area (Å²) in [5.74, 6) is 0.498. The van der Waals surface area contributed by atoms with E-state index in [2.05, 4.69) is 27.0 Å². The average Bonchev–Trinajstić information content (AvgIpc) is 3.04. The van der Waals surface area contributed by atoms with Crippen molar-refractivity contribution in [2.75, 3.05) is 19.4 Å². The van der Waals surface area contributed by atoms with Crippen LogP contribution in [0.3, 0.4) is 0 Å². The first-order chi connectivity index (χ1) is 14.6. The van der Waals surface area contributed by atoms with E-state index in [1.54, 1.807) is 19.4 Å². The SMILES string of the molecule is C=CCNC(=O)c1c(N)n(N=Cc2cccc(OC)c2)c2nc3ccccc3nc12. The fourth-order valence-corrected chi connectivity index (χ4v) is 3.09. The van der Waals surface area contributed by atoms with E-state index >= 15 is 0 Å². The number of fused-ring (bicyclic) bond motifs is 2. The zero-order valence-corrected chi connectivity index (χ0v) is 16.4. The number of rotatable bonds is 6. The third kappa shape index (κ3) is 3.46. The summed E-state index contributed by atoms with van der Waals surface area (Å²) in [4.78, 5) is 22.0. The Morgan fingerprint density at radius 2 is 2.00 bits per heavy atom. The molecule has 0 atom stereocenters. The van der Waals surface area contributed by atoms with Gasteiger partial charge in [-0.05, 0) is 29.8 Å². The number of ether oxygens (including phenoxy) is 1. The molecule has 150 valence electrons. The summed E-state index contributed by atoms with van der Waals surface area (Å²) in [5, 5.41) is 7.22. The number of benzene rings is 2. The van der Waals surface area contributed by atoms with Crippen LogP contribution in [0, 0.1) is 0 Å². The van der Waals surface area contributed by atoms with Gasteiger partial charge in [-0.2, -0.15) is 9.78 Å². The van der Waals surface area contributed by atoms with Gasteiger partial charge in [0.15, 0.2) is 5.65 Å². The summed E-state index contributed by atoms with van der Waals surface area (Å²) in [6.07, 6.45) is 3.22. The van der Waals surface area contributed by atoms with Crippen LogP contribution in [0.2, 0.25) is 0 Å². The zero-order chi connectivity index (χ0) is 21.1. The van der Waals surface area contributed by atoms with Crippen LogP contribution in [-0.4, -0.2) is 40.4 Å². The number of anilines is 1. The minimum atomic E-state index is -0.364. The molecule has 8 nitrogen and oxygen atoms in total. The van der Waals surface area contributed by atoms with Gasteiger partial charge in [-0.25, -0.2) is 9.97 Å². The number of carbonyl (C=O) groups excluding carboxylic acids is 1. The number of hydrogen-bond donors (Lipinski definition) is 2. The molecule has 0 saturated heterocycles. The largest absolute Gasteiger partial charge is 0.497 e. The number of methoxy groups -OCH3 is 1. The highest BCUT2D eigenvalue weighted by Gasteiger charge is 2.23. The summed E-state index contributed by atoms with van der Waals surface area (Å²) in [5.41, 5.74) is 9.49. The molecule has 0 aliphatic rings. The summed E-state index contributed by atoms with van der Waals surface area (Å²) in [6.45, 7) is 3.93. The Morgan fingerprint density at radius 1 is 1.23 bits per heavy atom. The number of nitrogen functional groups attached to an aromatic ring is 1. The molecule has 0 spiro atoms. The molecular weight excluding hydrogens is 380 g/mol. The van der Waals surface area contributed by atoms with Crippen LogP contribution >= 0.6 is 0 Å². The van der Waals surface area contributed by atoms with Crippen molar-refractivity contribution in [1.29, 1.82) is 0 Å². The van der Waals surface area contributed by atoms with Gasteiger partial charge in [0.1, 0.15) is 22.6 Å². The van der Waals surface area contributed by atoms with E-state index in [9.17, 15) is 4.79 Å². The second kappa shape index (κ2) is 8.04. The number of nitrogens with one attached hydrogen (secondary N) is 1. The van der Waals surface area contributed by atoms with E-state index in [0.717, 1.165) is 5.56 Å². The molecule has 0 radical (unpaired) electrons. The van der Waals surface area contributed by atoms with Gasteiger partial charge in [0.05, 0.1) is 24.4 Å².